The van der Waals surface area contributed by atoms with Crippen LogP contribution in [0.5, 0.6) is 5.75 Å². The van der Waals surface area contributed by atoms with Gasteiger partial charge in [-0.2, -0.15) is 0 Å². The first kappa shape index (κ1) is 13.4. The number of rotatable bonds is 4. The van der Waals surface area contributed by atoms with Gasteiger partial charge in [0.2, 0.25) is 0 Å². The lowest BCUT2D eigenvalue weighted by molar-refractivity contribution is 0.401. The molecule has 0 aliphatic carbocycles. The van der Waals surface area contributed by atoms with Crippen molar-refractivity contribution >= 4 is 9.84 Å². The van der Waals surface area contributed by atoms with Gasteiger partial charge in [-0.3, -0.25) is 0 Å². The highest BCUT2D eigenvalue weighted by Gasteiger charge is 2.23. The molecule has 0 aromatic heterocycles. The highest BCUT2D eigenvalue weighted by atomic mass is 32.2. The Labute approximate surface area is 108 Å². The number of ether oxygens (including phenoxy) is 1. The fourth-order valence-electron chi connectivity index (χ4n) is 2.25. The Morgan fingerprint density at radius 3 is 2.72 bits per heavy atom. The molecule has 1 aromatic rings. The molecule has 0 unspecified atom stereocenters. The maximum atomic E-state index is 12.3. The minimum Gasteiger partial charge on any atom is -0.497 e. The minimum absolute atomic E-state index is 0.238. The molecule has 1 fully saturated rings. The van der Waals surface area contributed by atoms with Crippen LogP contribution in [0.25, 0.3) is 0 Å². The highest BCUT2D eigenvalue weighted by Crippen LogP contribution is 2.22. The van der Waals surface area contributed by atoms with Gasteiger partial charge in [-0.1, -0.05) is 6.07 Å². The number of piperidine rings is 1. The zero-order valence-electron chi connectivity index (χ0n) is 10.6. The fourth-order valence-corrected chi connectivity index (χ4v) is 3.98. The van der Waals surface area contributed by atoms with Crippen LogP contribution in [0.3, 0.4) is 0 Å². The van der Waals surface area contributed by atoms with Gasteiger partial charge in [-0.05, 0) is 50.0 Å². The van der Waals surface area contributed by atoms with E-state index in [0.29, 0.717) is 10.6 Å². The van der Waals surface area contributed by atoms with Crippen LogP contribution in [0.15, 0.2) is 29.2 Å². The Morgan fingerprint density at radius 2 is 2.06 bits per heavy atom. The van der Waals surface area contributed by atoms with E-state index in [4.69, 9.17) is 4.74 Å². The van der Waals surface area contributed by atoms with Crippen LogP contribution < -0.4 is 10.1 Å². The predicted molar refractivity (Wildman–Crippen MR) is 70.6 cm³/mol. The number of benzene rings is 1. The second-order valence-corrected chi connectivity index (χ2v) is 6.69. The van der Waals surface area contributed by atoms with Crippen molar-refractivity contribution in [1.82, 2.24) is 5.32 Å². The zero-order chi connectivity index (χ0) is 13.0. The summed E-state index contributed by atoms with van der Waals surface area (Å²) in [6, 6.07) is 6.70. The van der Waals surface area contributed by atoms with Gasteiger partial charge in [0.05, 0.1) is 17.8 Å². The molecule has 0 saturated carbocycles. The summed E-state index contributed by atoms with van der Waals surface area (Å²) in [5.74, 6) is 1.09. The Balaban J connectivity index is 2.13. The first-order valence-electron chi connectivity index (χ1n) is 6.19. The number of nitrogens with one attached hydrogen (secondary N) is 1. The van der Waals surface area contributed by atoms with E-state index in [1.807, 2.05) is 0 Å². The van der Waals surface area contributed by atoms with Gasteiger partial charge in [0.1, 0.15) is 5.75 Å². The molecular formula is C13H19NO3S. The van der Waals surface area contributed by atoms with Gasteiger partial charge in [-0.25, -0.2) is 8.42 Å². The van der Waals surface area contributed by atoms with Gasteiger partial charge in [-0.15, -0.1) is 0 Å². The average Bonchev–Trinajstić information content (AvgIpc) is 2.39. The van der Waals surface area contributed by atoms with Gasteiger partial charge in [0.25, 0.3) is 0 Å². The molecule has 1 N–H and O–H groups in total. The zero-order valence-corrected chi connectivity index (χ0v) is 11.4. The van der Waals surface area contributed by atoms with E-state index in [1.54, 1.807) is 31.4 Å². The predicted octanol–water partition coefficient (Wildman–Crippen LogP) is 1.47. The molecule has 0 atom stereocenters. The lowest BCUT2D eigenvalue weighted by Crippen LogP contribution is -2.31. The van der Waals surface area contributed by atoms with Crippen molar-refractivity contribution in [2.45, 2.75) is 17.7 Å². The van der Waals surface area contributed by atoms with Gasteiger partial charge in [0.15, 0.2) is 9.84 Å². The molecule has 2 rings (SSSR count). The number of hydrogen-bond acceptors (Lipinski definition) is 4. The summed E-state index contributed by atoms with van der Waals surface area (Å²) in [4.78, 5) is 0.361. The van der Waals surface area contributed by atoms with E-state index >= 15 is 0 Å². The summed E-state index contributed by atoms with van der Waals surface area (Å²) < 4.78 is 29.7. The van der Waals surface area contributed by atoms with Crippen LogP contribution in [0.4, 0.5) is 0 Å². The van der Waals surface area contributed by atoms with Crippen molar-refractivity contribution < 1.29 is 13.2 Å². The number of hydrogen-bond donors (Lipinski definition) is 1. The van der Waals surface area contributed by atoms with Crippen LogP contribution >= 0.6 is 0 Å². The SMILES string of the molecule is COc1cccc(S(=O)(=O)CC2CCNCC2)c1. The molecule has 5 heteroatoms. The molecule has 1 aliphatic rings. The lowest BCUT2D eigenvalue weighted by Gasteiger charge is -2.22. The maximum Gasteiger partial charge on any atom is 0.178 e. The summed E-state index contributed by atoms with van der Waals surface area (Å²) in [6.07, 6.45) is 1.87. The van der Waals surface area contributed by atoms with Gasteiger partial charge >= 0.3 is 0 Å². The lowest BCUT2D eigenvalue weighted by atomic mass is 10.0. The van der Waals surface area contributed by atoms with Crippen LogP contribution in [0, 0.1) is 5.92 Å². The van der Waals surface area contributed by atoms with Crippen molar-refractivity contribution in [2.24, 2.45) is 5.92 Å². The van der Waals surface area contributed by atoms with E-state index in [2.05, 4.69) is 5.32 Å². The molecule has 0 bridgehead atoms. The number of methoxy groups -OCH3 is 1. The second kappa shape index (κ2) is 5.71. The van der Waals surface area contributed by atoms with E-state index in [1.165, 1.54) is 0 Å². The molecule has 1 aromatic carbocycles. The van der Waals surface area contributed by atoms with Crippen LogP contribution in [-0.4, -0.2) is 34.4 Å². The molecular weight excluding hydrogens is 250 g/mol. The van der Waals surface area contributed by atoms with Gasteiger partial charge < -0.3 is 10.1 Å². The van der Waals surface area contributed by atoms with E-state index in [9.17, 15) is 8.42 Å². The van der Waals surface area contributed by atoms with Crippen molar-refractivity contribution in [2.75, 3.05) is 26.0 Å². The minimum atomic E-state index is -3.20. The first-order chi connectivity index (χ1) is 8.62. The highest BCUT2D eigenvalue weighted by molar-refractivity contribution is 7.91. The van der Waals surface area contributed by atoms with E-state index in [0.717, 1.165) is 25.9 Å². The molecule has 1 heterocycles. The average molecular weight is 269 g/mol. The van der Waals surface area contributed by atoms with Crippen LogP contribution in [-0.2, 0) is 9.84 Å². The van der Waals surface area contributed by atoms with Crippen molar-refractivity contribution in [3.05, 3.63) is 24.3 Å². The first-order valence-corrected chi connectivity index (χ1v) is 7.84. The Kier molecular flexibility index (Phi) is 4.24. The van der Waals surface area contributed by atoms with Crippen molar-refractivity contribution in [3.63, 3.8) is 0 Å². The topological polar surface area (TPSA) is 55.4 Å². The largest absolute Gasteiger partial charge is 0.497 e. The third kappa shape index (κ3) is 3.23. The molecule has 1 saturated heterocycles. The summed E-state index contributed by atoms with van der Waals surface area (Å²) in [7, 11) is -1.66. The van der Waals surface area contributed by atoms with E-state index in [-0.39, 0.29) is 11.7 Å². The monoisotopic (exact) mass is 269 g/mol. The maximum absolute atomic E-state index is 12.3. The summed E-state index contributed by atoms with van der Waals surface area (Å²) in [6.45, 7) is 1.83. The molecule has 18 heavy (non-hydrogen) atoms. The summed E-state index contributed by atoms with van der Waals surface area (Å²) >= 11 is 0. The molecule has 0 spiro atoms. The molecule has 0 radical (unpaired) electrons. The molecule has 4 nitrogen and oxygen atoms in total. The molecule has 100 valence electrons. The molecule has 1 aliphatic heterocycles. The fraction of sp³-hybridized carbons (Fsp3) is 0.538. The smallest absolute Gasteiger partial charge is 0.178 e. The Bertz CT molecular complexity index is 493. The summed E-state index contributed by atoms with van der Waals surface area (Å²) in [5.41, 5.74) is 0. The Hall–Kier alpha value is -1.07. The third-order valence-electron chi connectivity index (χ3n) is 3.31. The third-order valence-corrected chi connectivity index (χ3v) is 5.20. The Morgan fingerprint density at radius 1 is 1.33 bits per heavy atom. The molecule has 0 amide bonds. The summed E-state index contributed by atoms with van der Waals surface area (Å²) in [5, 5.41) is 3.24. The van der Waals surface area contributed by atoms with Crippen molar-refractivity contribution in [3.8, 4) is 5.75 Å². The normalized spacial score (nSPS) is 17.6. The van der Waals surface area contributed by atoms with E-state index < -0.39 is 9.84 Å². The standard InChI is InChI=1S/C13H19NO3S/c1-17-12-3-2-4-13(9-12)18(15,16)10-11-5-7-14-8-6-11/h2-4,9,11,14H,5-8,10H2,1H3. The van der Waals surface area contributed by atoms with Gasteiger partial charge in [0, 0.05) is 0 Å². The second-order valence-electron chi connectivity index (χ2n) is 4.65. The number of sulfone groups is 1. The van der Waals surface area contributed by atoms with Crippen LogP contribution in [0.2, 0.25) is 0 Å². The van der Waals surface area contributed by atoms with Crippen LogP contribution in [0.1, 0.15) is 12.8 Å². The quantitative estimate of drug-likeness (QED) is 0.899. The van der Waals surface area contributed by atoms with Crippen molar-refractivity contribution in [1.29, 1.82) is 0 Å².